The van der Waals surface area contributed by atoms with Crippen LogP contribution >= 0.6 is 0 Å². The van der Waals surface area contributed by atoms with Gasteiger partial charge in [0.2, 0.25) is 0 Å². The largest absolute Gasteiger partial charge is 0.489 e. The Hall–Kier alpha value is -2.86. The van der Waals surface area contributed by atoms with Crippen LogP contribution in [0, 0.1) is 5.92 Å². The fourth-order valence-corrected chi connectivity index (χ4v) is 3.04. The zero-order valence-corrected chi connectivity index (χ0v) is 16.9. The summed E-state index contributed by atoms with van der Waals surface area (Å²) in [7, 11) is 0. The van der Waals surface area contributed by atoms with E-state index in [4.69, 9.17) is 4.74 Å². The monoisotopic (exact) mass is 399 g/mol. The van der Waals surface area contributed by atoms with Crippen molar-refractivity contribution in [2.45, 2.75) is 51.8 Å². The van der Waals surface area contributed by atoms with Gasteiger partial charge in [-0.1, -0.05) is 56.3 Å². The van der Waals surface area contributed by atoms with Gasteiger partial charge in [0, 0.05) is 0 Å². The van der Waals surface area contributed by atoms with E-state index in [1.807, 2.05) is 68.4 Å². The first kappa shape index (κ1) is 22.4. The molecule has 0 saturated heterocycles. The van der Waals surface area contributed by atoms with E-state index in [9.17, 15) is 19.8 Å². The van der Waals surface area contributed by atoms with Crippen LogP contribution in [0.15, 0.2) is 54.6 Å². The van der Waals surface area contributed by atoms with E-state index in [0.29, 0.717) is 25.9 Å². The summed E-state index contributed by atoms with van der Waals surface area (Å²) in [5, 5.41) is 21.6. The highest BCUT2D eigenvalue weighted by atomic mass is 16.5. The average Bonchev–Trinajstić information content (AvgIpc) is 2.69. The molecule has 0 aliphatic rings. The number of carboxylic acids is 2. The zero-order chi connectivity index (χ0) is 21.2. The topological polar surface area (TPSA) is 95.9 Å². The molecule has 6 heteroatoms. The summed E-state index contributed by atoms with van der Waals surface area (Å²) < 4.78 is 5.76. The number of aryl methyl sites for hydroxylation is 1. The first-order valence-corrected chi connectivity index (χ1v) is 9.82. The van der Waals surface area contributed by atoms with Gasteiger partial charge >= 0.3 is 11.9 Å². The first-order chi connectivity index (χ1) is 13.8. The molecule has 0 aromatic heterocycles. The predicted octanol–water partition coefficient (Wildman–Crippen LogP) is 3.74. The van der Waals surface area contributed by atoms with Crippen molar-refractivity contribution in [2.75, 3.05) is 0 Å². The summed E-state index contributed by atoms with van der Waals surface area (Å²) in [5.74, 6) is -1.16. The zero-order valence-electron chi connectivity index (χ0n) is 16.9. The molecule has 2 aromatic carbocycles. The Morgan fingerprint density at radius 3 is 2.07 bits per heavy atom. The molecule has 2 atom stereocenters. The van der Waals surface area contributed by atoms with E-state index in [2.05, 4.69) is 5.32 Å². The maximum Gasteiger partial charge on any atom is 0.320 e. The second-order valence-electron chi connectivity index (χ2n) is 7.53. The van der Waals surface area contributed by atoms with Crippen LogP contribution in [0.1, 0.15) is 37.8 Å². The van der Waals surface area contributed by atoms with Gasteiger partial charge in [0.05, 0.1) is 0 Å². The van der Waals surface area contributed by atoms with Crippen molar-refractivity contribution in [3.8, 4) is 5.75 Å². The van der Waals surface area contributed by atoms with Gasteiger partial charge in [-0.3, -0.25) is 14.9 Å². The first-order valence-electron chi connectivity index (χ1n) is 9.82. The number of benzene rings is 2. The van der Waals surface area contributed by atoms with E-state index < -0.39 is 24.0 Å². The molecule has 0 fully saturated rings. The molecule has 0 aliphatic heterocycles. The summed E-state index contributed by atoms with van der Waals surface area (Å²) in [6.07, 6.45) is 1.21. The Morgan fingerprint density at radius 2 is 1.52 bits per heavy atom. The third kappa shape index (κ3) is 7.95. The number of carbonyl (C=O) groups is 2. The molecule has 0 heterocycles. The van der Waals surface area contributed by atoms with Crippen molar-refractivity contribution < 1.29 is 24.5 Å². The second-order valence-corrected chi connectivity index (χ2v) is 7.53. The third-order valence-corrected chi connectivity index (χ3v) is 4.60. The van der Waals surface area contributed by atoms with Crippen LogP contribution in [-0.4, -0.2) is 34.2 Å². The minimum Gasteiger partial charge on any atom is -0.489 e. The lowest BCUT2D eigenvalue weighted by Crippen LogP contribution is -2.47. The molecule has 29 heavy (non-hydrogen) atoms. The van der Waals surface area contributed by atoms with Gasteiger partial charge in [-0.15, -0.1) is 0 Å². The van der Waals surface area contributed by atoms with Gasteiger partial charge in [-0.25, -0.2) is 0 Å². The Bertz CT molecular complexity index is 774. The summed E-state index contributed by atoms with van der Waals surface area (Å²) >= 11 is 0. The smallest absolute Gasteiger partial charge is 0.320 e. The standard InChI is InChI=1S/C23H29NO5/c1-16(2)14-21(23(27)28)24-20(22(25)26)13-10-17-8-11-19(12-9-17)29-15-18-6-4-3-5-7-18/h3-9,11-12,16,20-21,24H,10,13-15H2,1-2H3,(H,25,26)(H,27,28). The number of rotatable bonds is 12. The fourth-order valence-electron chi connectivity index (χ4n) is 3.04. The number of hydrogen-bond acceptors (Lipinski definition) is 4. The molecule has 2 aromatic rings. The van der Waals surface area contributed by atoms with Crippen LogP contribution in [0.4, 0.5) is 0 Å². The van der Waals surface area contributed by atoms with E-state index >= 15 is 0 Å². The SMILES string of the molecule is CC(C)CC(NC(CCc1ccc(OCc2ccccc2)cc1)C(=O)O)C(=O)O. The number of ether oxygens (including phenoxy) is 1. The van der Waals surface area contributed by atoms with Gasteiger partial charge in [-0.2, -0.15) is 0 Å². The number of aliphatic carboxylic acids is 2. The Kier molecular flexibility index (Phi) is 8.68. The van der Waals surface area contributed by atoms with E-state index in [0.717, 1.165) is 16.9 Å². The maximum atomic E-state index is 11.6. The van der Waals surface area contributed by atoms with E-state index in [1.165, 1.54) is 0 Å². The van der Waals surface area contributed by atoms with Crippen molar-refractivity contribution in [1.82, 2.24) is 5.32 Å². The molecule has 0 spiro atoms. The lowest BCUT2D eigenvalue weighted by Gasteiger charge is -2.21. The van der Waals surface area contributed by atoms with Gasteiger partial charge in [0.15, 0.2) is 0 Å². The summed E-state index contributed by atoms with van der Waals surface area (Å²) in [4.78, 5) is 23.0. The van der Waals surface area contributed by atoms with Crippen molar-refractivity contribution in [1.29, 1.82) is 0 Å². The van der Waals surface area contributed by atoms with E-state index in [-0.39, 0.29) is 5.92 Å². The fraction of sp³-hybridized carbons (Fsp3) is 0.391. The summed E-state index contributed by atoms with van der Waals surface area (Å²) in [6, 6.07) is 15.6. The molecule has 0 bridgehead atoms. The number of carboxylic acid groups (broad SMARTS) is 2. The van der Waals surface area contributed by atoms with Crippen molar-refractivity contribution in [3.63, 3.8) is 0 Å². The Balaban J connectivity index is 1.88. The van der Waals surface area contributed by atoms with Crippen LogP contribution in [-0.2, 0) is 22.6 Å². The molecule has 156 valence electrons. The molecule has 2 rings (SSSR count). The Morgan fingerprint density at radius 1 is 0.897 bits per heavy atom. The second kappa shape index (κ2) is 11.2. The highest BCUT2D eigenvalue weighted by Crippen LogP contribution is 2.16. The van der Waals surface area contributed by atoms with Gasteiger partial charge in [0.25, 0.3) is 0 Å². The van der Waals surface area contributed by atoms with Gasteiger partial charge in [0.1, 0.15) is 24.4 Å². The number of hydrogen-bond donors (Lipinski definition) is 3. The lowest BCUT2D eigenvalue weighted by atomic mass is 10.0. The molecule has 0 aliphatic carbocycles. The molecule has 0 saturated carbocycles. The normalized spacial score (nSPS) is 13.1. The van der Waals surface area contributed by atoms with E-state index in [1.54, 1.807) is 0 Å². The molecular weight excluding hydrogens is 370 g/mol. The van der Waals surface area contributed by atoms with Crippen LogP contribution in [0.25, 0.3) is 0 Å². The van der Waals surface area contributed by atoms with Gasteiger partial charge < -0.3 is 14.9 Å². The van der Waals surface area contributed by atoms with Crippen molar-refractivity contribution >= 4 is 11.9 Å². The highest BCUT2D eigenvalue weighted by Gasteiger charge is 2.26. The average molecular weight is 399 g/mol. The maximum absolute atomic E-state index is 11.6. The van der Waals surface area contributed by atoms with Crippen LogP contribution < -0.4 is 10.1 Å². The number of nitrogens with one attached hydrogen (secondary N) is 1. The van der Waals surface area contributed by atoms with Crippen LogP contribution in [0.5, 0.6) is 5.75 Å². The lowest BCUT2D eigenvalue weighted by molar-refractivity contribution is -0.143. The van der Waals surface area contributed by atoms with Crippen molar-refractivity contribution in [3.05, 3.63) is 65.7 Å². The minimum atomic E-state index is -1.04. The van der Waals surface area contributed by atoms with Crippen molar-refractivity contribution in [2.24, 2.45) is 5.92 Å². The molecule has 6 nitrogen and oxygen atoms in total. The van der Waals surface area contributed by atoms with Gasteiger partial charge in [-0.05, 0) is 48.4 Å². The molecule has 0 amide bonds. The van der Waals surface area contributed by atoms with Crippen LogP contribution in [0.2, 0.25) is 0 Å². The van der Waals surface area contributed by atoms with Crippen LogP contribution in [0.3, 0.4) is 0 Å². The quantitative estimate of drug-likeness (QED) is 0.503. The molecular formula is C23H29NO5. The minimum absolute atomic E-state index is 0.154. The molecule has 2 unspecified atom stereocenters. The Labute approximate surface area is 171 Å². The molecule has 3 N–H and O–H groups in total. The summed E-state index contributed by atoms with van der Waals surface area (Å²) in [5.41, 5.74) is 2.06. The summed E-state index contributed by atoms with van der Waals surface area (Å²) in [6.45, 7) is 4.31. The predicted molar refractivity (Wildman–Crippen MR) is 111 cm³/mol. The molecule has 0 radical (unpaired) electrons. The third-order valence-electron chi connectivity index (χ3n) is 4.60. The highest BCUT2D eigenvalue weighted by molar-refractivity contribution is 5.77.